The van der Waals surface area contributed by atoms with Crippen molar-refractivity contribution in [3.05, 3.63) is 41.0 Å². The van der Waals surface area contributed by atoms with Crippen molar-refractivity contribution in [1.82, 2.24) is 14.8 Å². The van der Waals surface area contributed by atoms with Gasteiger partial charge in [0.25, 0.3) is 0 Å². The summed E-state index contributed by atoms with van der Waals surface area (Å²) in [6.07, 6.45) is 1.77. The van der Waals surface area contributed by atoms with Gasteiger partial charge in [-0.1, -0.05) is 17.7 Å². The van der Waals surface area contributed by atoms with Crippen LogP contribution in [0.3, 0.4) is 0 Å². The molecule has 1 aromatic heterocycles. The number of carbonyl (C=O) groups is 1. The summed E-state index contributed by atoms with van der Waals surface area (Å²) >= 11 is 6.14. The van der Waals surface area contributed by atoms with Gasteiger partial charge in [0, 0.05) is 37.2 Å². The molecule has 0 spiro atoms. The van der Waals surface area contributed by atoms with Crippen molar-refractivity contribution < 1.29 is 4.79 Å². The summed E-state index contributed by atoms with van der Waals surface area (Å²) in [7, 11) is 5.43. The van der Waals surface area contributed by atoms with E-state index in [1.165, 1.54) is 0 Å². The van der Waals surface area contributed by atoms with Crippen molar-refractivity contribution in [3.63, 3.8) is 0 Å². The van der Waals surface area contributed by atoms with Gasteiger partial charge in [-0.15, -0.1) is 0 Å². The second-order valence-electron chi connectivity index (χ2n) is 5.10. The molecule has 0 bridgehead atoms. The van der Waals surface area contributed by atoms with Crippen LogP contribution in [0.15, 0.2) is 30.5 Å². The zero-order valence-electron chi connectivity index (χ0n) is 11.9. The topological polar surface area (TPSA) is 36.4 Å². The normalized spacial score (nSPS) is 11.1. The van der Waals surface area contributed by atoms with Crippen molar-refractivity contribution in [1.29, 1.82) is 0 Å². The molecular formula is C15H18ClN3O. The molecule has 0 unspecified atom stereocenters. The summed E-state index contributed by atoms with van der Waals surface area (Å²) in [5, 5.41) is 1.70. The third-order valence-corrected chi connectivity index (χ3v) is 3.31. The third-order valence-electron chi connectivity index (χ3n) is 3.09. The van der Waals surface area contributed by atoms with Gasteiger partial charge in [0.05, 0.1) is 12.1 Å². The van der Waals surface area contributed by atoms with Crippen LogP contribution in [0.5, 0.6) is 0 Å². The fourth-order valence-electron chi connectivity index (χ4n) is 2.07. The van der Waals surface area contributed by atoms with E-state index in [4.69, 9.17) is 11.6 Å². The molecule has 4 nitrogen and oxygen atoms in total. The summed E-state index contributed by atoms with van der Waals surface area (Å²) in [4.78, 5) is 19.7. The van der Waals surface area contributed by atoms with Crippen molar-refractivity contribution in [2.75, 3.05) is 27.7 Å². The summed E-state index contributed by atoms with van der Waals surface area (Å²) in [5.41, 5.74) is 1.96. The predicted molar refractivity (Wildman–Crippen MR) is 81.8 cm³/mol. The van der Waals surface area contributed by atoms with E-state index in [0.717, 1.165) is 16.5 Å². The van der Waals surface area contributed by atoms with E-state index >= 15 is 0 Å². The number of aromatic nitrogens is 1. The maximum Gasteiger partial charge on any atom is 0.236 e. The van der Waals surface area contributed by atoms with E-state index in [-0.39, 0.29) is 5.91 Å². The molecule has 1 aromatic carbocycles. The standard InChI is InChI=1S/C15H18ClN3O/c1-18(2)14(20)10-19(3)9-12-8-13(16)7-11-5-4-6-17-15(11)12/h4-8H,9-10H2,1-3H3. The summed E-state index contributed by atoms with van der Waals surface area (Å²) in [6, 6.07) is 7.69. The highest BCUT2D eigenvalue weighted by molar-refractivity contribution is 6.31. The Morgan fingerprint density at radius 3 is 2.75 bits per heavy atom. The molecule has 1 amide bonds. The fourth-order valence-corrected chi connectivity index (χ4v) is 2.32. The first kappa shape index (κ1) is 14.8. The molecule has 0 saturated heterocycles. The van der Waals surface area contributed by atoms with E-state index in [9.17, 15) is 4.79 Å². The van der Waals surface area contributed by atoms with E-state index in [1.54, 1.807) is 25.2 Å². The molecule has 0 saturated carbocycles. The molecule has 0 aliphatic heterocycles. The Hall–Kier alpha value is -1.65. The molecule has 0 atom stereocenters. The predicted octanol–water partition coefficient (Wildman–Crippen LogP) is 2.41. The second-order valence-corrected chi connectivity index (χ2v) is 5.54. The third kappa shape index (κ3) is 3.46. The molecule has 0 radical (unpaired) electrons. The van der Waals surface area contributed by atoms with Gasteiger partial charge >= 0.3 is 0 Å². The Kier molecular flexibility index (Phi) is 4.57. The highest BCUT2D eigenvalue weighted by Crippen LogP contribution is 2.23. The molecular weight excluding hydrogens is 274 g/mol. The van der Waals surface area contributed by atoms with E-state index in [0.29, 0.717) is 18.1 Å². The van der Waals surface area contributed by atoms with Gasteiger partial charge in [-0.3, -0.25) is 14.7 Å². The molecule has 106 valence electrons. The molecule has 2 rings (SSSR count). The second kappa shape index (κ2) is 6.20. The zero-order chi connectivity index (χ0) is 14.7. The van der Waals surface area contributed by atoms with Crippen LogP contribution in [0, 0.1) is 0 Å². The highest BCUT2D eigenvalue weighted by Gasteiger charge is 2.11. The molecule has 20 heavy (non-hydrogen) atoms. The zero-order valence-corrected chi connectivity index (χ0v) is 12.7. The Labute approximate surface area is 124 Å². The van der Waals surface area contributed by atoms with Crippen LogP contribution in [0.4, 0.5) is 0 Å². The van der Waals surface area contributed by atoms with Gasteiger partial charge in [-0.25, -0.2) is 0 Å². The molecule has 0 aliphatic carbocycles. The van der Waals surface area contributed by atoms with E-state index in [1.807, 2.05) is 36.2 Å². The maximum atomic E-state index is 11.7. The van der Waals surface area contributed by atoms with Gasteiger partial charge in [-0.2, -0.15) is 0 Å². The fraction of sp³-hybridized carbons (Fsp3) is 0.333. The minimum atomic E-state index is 0.0757. The van der Waals surface area contributed by atoms with Crippen LogP contribution in [0.2, 0.25) is 5.02 Å². The number of rotatable bonds is 4. The smallest absolute Gasteiger partial charge is 0.236 e. The molecule has 2 aromatic rings. The van der Waals surface area contributed by atoms with Gasteiger partial charge in [0.1, 0.15) is 0 Å². The minimum Gasteiger partial charge on any atom is -0.348 e. The average Bonchev–Trinajstić information content (AvgIpc) is 2.38. The van der Waals surface area contributed by atoms with E-state index < -0.39 is 0 Å². The lowest BCUT2D eigenvalue weighted by Gasteiger charge is -2.19. The number of amides is 1. The number of hydrogen-bond donors (Lipinski definition) is 0. The van der Waals surface area contributed by atoms with Crippen LogP contribution < -0.4 is 0 Å². The van der Waals surface area contributed by atoms with Crippen molar-refractivity contribution in [3.8, 4) is 0 Å². The van der Waals surface area contributed by atoms with Crippen LogP contribution in [-0.2, 0) is 11.3 Å². The first-order valence-corrected chi connectivity index (χ1v) is 6.77. The van der Waals surface area contributed by atoms with Crippen LogP contribution in [-0.4, -0.2) is 48.4 Å². The first-order chi connectivity index (χ1) is 9.47. The Bertz CT molecular complexity index is 628. The molecule has 0 N–H and O–H groups in total. The SMILES string of the molecule is CN(CC(=O)N(C)C)Cc1cc(Cl)cc2cccnc12. The molecule has 1 heterocycles. The van der Waals surface area contributed by atoms with Crippen molar-refractivity contribution in [2.24, 2.45) is 0 Å². The van der Waals surface area contributed by atoms with Crippen LogP contribution >= 0.6 is 11.6 Å². The minimum absolute atomic E-state index is 0.0757. The maximum absolute atomic E-state index is 11.7. The Morgan fingerprint density at radius 1 is 1.30 bits per heavy atom. The lowest BCUT2D eigenvalue weighted by atomic mass is 10.1. The number of carbonyl (C=O) groups excluding carboxylic acids is 1. The van der Waals surface area contributed by atoms with Crippen molar-refractivity contribution in [2.45, 2.75) is 6.54 Å². The van der Waals surface area contributed by atoms with Gasteiger partial charge in [0.15, 0.2) is 0 Å². The summed E-state index contributed by atoms with van der Waals surface area (Å²) in [5.74, 6) is 0.0757. The molecule has 0 aliphatic rings. The monoisotopic (exact) mass is 291 g/mol. The lowest BCUT2D eigenvalue weighted by Crippen LogP contribution is -2.34. The van der Waals surface area contributed by atoms with Crippen molar-refractivity contribution >= 4 is 28.4 Å². The quantitative estimate of drug-likeness (QED) is 0.868. The largest absolute Gasteiger partial charge is 0.348 e. The molecule has 5 heteroatoms. The van der Waals surface area contributed by atoms with Gasteiger partial charge in [-0.05, 0) is 30.8 Å². The number of pyridine rings is 1. The molecule has 0 fully saturated rings. The van der Waals surface area contributed by atoms with E-state index in [2.05, 4.69) is 4.98 Å². The lowest BCUT2D eigenvalue weighted by molar-refractivity contribution is -0.129. The highest BCUT2D eigenvalue weighted by atomic mass is 35.5. The number of halogens is 1. The van der Waals surface area contributed by atoms with Crippen LogP contribution in [0.25, 0.3) is 10.9 Å². The first-order valence-electron chi connectivity index (χ1n) is 6.39. The number of fused-ring (bicyclic) bond motifs is 1. The Morgan fingerprint density at radius 2 is 2.05 bits per heavy atom. The summed E-state index contributed by atoms with van der Waals surface area (Å²) in [6.45, 7) is 1.00. The van der Waals surface area contributed by atoms with Crippen LogP contribution in [0.1, 0.15) is 5.56 Å². The number of likely N-dealkylation sites (N-methyl/N-ethyl adjacent to an activating group) is 2. The van der Waals surface area contributed by atoms with Gasteiger partial charge < -0.3 is 4.90 Å². The number of hydrogen-bond acceptors (Lipinski definition) is 3. The summed E-state index contributed by atoms with van der Waals surface area (Å²) < 4.78 is 0. The average molecular weight is 292 g/mol. The Balaban J connectivity index is 2.23. The number of benzene rings is 1. The number of nitrogens with zero attached hydrogens (tertiary/aromatic N) is 3. The van der Waals surface area contributed by atoms with Gasteiger partial charge in [0.2, 0.25) is 5.91 Å².